The first kappa shape index (κ1) is 14.3. The van der Waals surface area contributed by atoms with Crippen LogP contribution in [0.4, 0.5) is 10.1 Å². The molecule has 0 spiro atoms. The van der Waals surface area contributed by atoms with Crippen LogP contribution in [0.3, 0.4) is 0 Å². The molecule has 0 aliphatic heterocycles. The van der Waals surface area contributed by atoms with Crippen molar-refractivity contribution >= 4 is 23.3 Å². The summed E-state index contributed by atoms with van der Waals surface area (Å²) in [5.41, 5.74) is 2.09. The molecule has 0 aliphatic rings. The molecule has 0 amide bonds. The molecule has 0 heterocycles. The molecule has 104 valence electrons. The molecule has 0 aliphatic carbocycles. The number of esters is 1. The summed E-state index contributed by atoms with van der Waals surface area (Å²) < 4.78 is 17.7. The highest BCUT2D eigenvalue weighted by molar-refractivity contribution is 6.30. The zero-order valence-electron chi connectivity index (χ0n) is 10.8. The third kappa shape index (κ3) is 3.48. The summed E-state index contributed by atoms with van der Waals surface area (Å²) in [6, 6.07) is 11.5. The van der Waals surface area contributed by atoms with E-state index in [-0.39, 0.29) is 5.02 Å². The normalized spacial score (nSPS) is 10.2. The first-order valence-corrected chi connectivity index (χ1v) is 6.34. The zero-order chi connectivity index (χ0) is 14.5. The molecular weight excluding hydrogens is 281 g/mol. The summed E-state index contributed by atoms with van der Waals surface area (Å²) >= 11 is 5.72. The molecule has 5 heteroatoms. The molecule has 0 bridgehead atoms. The number of carbonyl (C=O) groups is 1. The lowest BCUT2D eigenvalue weighted by Crippen LogP contribution is -2.04. The van der Waals surface area contributed by atoms with Crippen molar-refractivity contribution in [3.05, 3.63) is 64.4 Å². The van der Waals surface area contributed by atoms with Gasteiger partial charge in [0, 0.05) is 12.2 Å². The third-order valence-corrected chi connectivity index (χ3v) is 3.05. The van der Waals surface area contributed by atoms with E-state index >= 15 is 0 Å². The molecule has 2 aromatic carbocycles. The van der Waals surface area contributed by atoms with Crippen LogP contribution >= 0.6 is 11.6 Å². The Hall–Kier alpha value is -2.07. The van der Waals surface area contributed by atoms with E-state index in [1.165, 1.54) is 13.2 Å². The van der Waals surface area contributed by atoms with Crippen LogP contribution in [-0.4, -0.2) is 13.1 Å². The van der Waals surface area contributed by atoms with Crippen molar-refractivity contribution in [2.45, 2.75) is 6.54 Å². The SMILES string of the molecule is COC(=O)c1cccc(NCc2ccc(F)c(Cl)c2)c1. The second-order valence-electron chi connectivity index (χ2n) is 4.17. The minimum atomic E-state index is -0.442. The van der Waals surface area contributed by atoms with Gasteiger partial charge in [-0.15, -0.1) is 0 Å². The average molecular weight is 294 g/mol. The second kappa shape index (κ2) is 6.39. The zero-order valence-corrected chi connectivity index (χ0v) is 11.6. The quantitative estimate of drug-likeness (QED) is 0.870. The van der Waals surface area contributed by atoms with E-state index in [4.69, 9.17) is 11.6 Å². The fraction of sp³-hybridized carbons (Fsp3) is 0.133. The molecule has 0 saturated heterocycles. The lowest BCUT2D eigenvalue weighted by atomic mass is 10.2. The number of halogens is 2. The fourth-order valence-corrected chi connectivity index (χ4v) is 1.93. The summed E-state index contributed by atoms with van der Waals surface area (Å²) in [6.07, 6.45) is 0. The Bertz CT molecular complexity index is 631. The molecule has 0 atom stereocenters. The van der Waals surface area contributed by atoms with Gasteiger partial charge in [0.15, 0.2) is 0 Å². The monoisotopic (exact) mass is 293 g/mol. The Kier molecular flexibility index (Phi) is 4.58. The molecule has 1 N–H and O–H groups in total. The predicted molar refractivity (Wildman–Crippen MR) is 76.5 cm³/mol. The maximum atomic E-state index is 13.0. The number of hydrogen-bond acceptors (Lipinski definition) is 3. The Labute approximate surface area is 121 Å². The molecule has 2 aromatic rings. The lowest BCUT2D eigenvalue weighted by Gasteiger charge is -2.08. The van der Waals surface area contributed by atoms with Gasteiger partial charge < -0.3 is 10.1 Å². The van der Waals surface area contributed by atoms with E-state index in [0.29, 0.717) is 12.1 Å². The maximum Gasteiger partial charge on any atom is 0.337 e. The predicted octanol–water partition coefficient (Wildman–Crippen LogP) is 3.88. The molecule has 0 unspecified atom stereocenters. The number of hydrogen-bond donors (Lipinski definition) is 1. The van der Waals surface area contributed by atoms with Gasteiger partial charge in [0.1, 0.15) is 5.82 Å². The molecule has 0 radical (unpaired) electrons. The number of anilines is 1. The molecule has 0 fully saturated rings. The second-order valence-corrected chi connectivity index (χ2v) is 4.58. The summed E-state index contributed by atoms with van der Waals surface area (Å²) in [5.74, 6) is -0.832. The van der Waals surface area contributed by atoms with Crippen LogP contribution in [-0.2, 0) is 11.3 Å². The van der Waals surface area contributed by atoms with Gasteiger partial charge in [0.25, 0.3) is 0 Å². The molecule has 0 aromatic heterocycles. The highest BCUT2D eigenvalue weighted by atomic mass is 35.5. The van der Waals surface area contributed by atoms with E-state index in [2.05, 4.69) is 10.1 Å². The molecule has 20 heavy (non-hydrogen) atoms. The van der Waals surface area contributed by atoms with Crippen molar-refractivity contribution in [2.75, 3.05) is 12.4 Å². The molecule has 0 saturated carbocycles. The van der Waals surface area contributed by atoms with Crippen LogP contribution in [0.15, 0.2) is 42.5 Å². The minimum absolute atomic E-state index is 0.0904. The van der Waals surface area contributed by atoms with Crippen LogP contribution in [0, 0.1) is 5.82 Å². The highest BCUT2D eigenvalue weighted by Crippen LogP contribution is 2.18. The average Bonchev–Trinajstić information content (AvgIpc) is 2.48. The van der Waals surface area contributed by atoms with Gasteiger partial charge in [-0.3, -0.25) is 0 Å². The van der Waals surface area contributed by atoms with E-state index < -0.39 is 11.8 Å². The van der Waals surface area contributed by atoms with Gasteiger partial charge in [0.2, 0.25) is 0 Å². The Morgan fingerprint density at radius 3 is 2.80 bits per heavy atom. The minimum Gasteiger partial charge on any atom is -0.465 e. The fourth-order valence-electron chi connectivity index (χ4n) is 1.73. The van der Waals surface area contributed by atoms with Crippen molar-refractivity contribution in [3.8, 4) is 0 Å². The van der Waals surface area contributed by atoms with Gasteiger partial charge in [-0.05, 0) is 35.9 Å². The molecule has 3 nitrogen and oxygen atoms in total. The standard InChI is InChI=1S/C15H13ClFNO2/c1-20-15(19)11-3-2-4-12(8-11)18-9-10-5-6-14(17)13(16)7-10/h2-8,18H,9H2,1H3. The maximum absolute atomic E-state index is 13.0. The molecule has 2 rings (SSSR count). The number of rotatable bonds is 4. The van der Waals surface area contributed by atoms with Gasteiger partial charge in [-0.1, -0.05) is 23.7 Å². The van der Waals surface area contributed by atoms with Crippen LogP contribution in [0.25, 0.3) is 0 Å². The number of carbonyl (C=O) groups excluding carboxylic acids is 1. The Morgan fingerprint density at radius 2 is 2.10 bits per heavy atom. The van der Waals surface area contributed by atoms with E-state index in [0.717, 1.165) is 11.3 Å². The van der Waals surface area contributed by atoms with Crippen molar-refractivity contribution < 1.29 is 13.9 Å². The smallest absolute Gasteiger partial charge is 0.337 e. The summed E-state index contributed by atoms with van der Waals surface area (Å²) in [4.78, 5) is 11.4. The van der Waals surface area contributed by atoms with Crippen molar-refractivity contribution in [1.82, 2.24) is 0 Å². The van der Waals surface area contributed by atoms with Crippen LogP contribution in [0.1, 0.15) is 15.9 Å². The van der Waals surface area contributed by atoms with E-state index in [9.17, 15) is 9.18 Å². The molecular formula is C15H13ClFNO2. The largest absolute Gasteiger partial charge is 0.465 e. The number of ether oxygens (including phenoxy) is 1. The highest BCUT2D eigenvalue weighted by Gasteiger charge is 2.06. The van der Waals surface area contributed by atoms with Crippen LogP contribution in [0.5, 0.6) is 0 Å². The first-order valence-electron chi connectivity index (χ1n) is 5.96. The Morgan fingerprint density at radius 1 is 1.30 bits per heavy atom. The van der Waals surface area contributed by atoms with Crippen LogP contribution < -0.4 is 5.32 Å². The van der Waals surface area contributed by atoms with E-state index in [1.54, 1.807) is 30.3 Å². The number of nitrogens with one attached hydrogen (secondary N) is 1. The summed E-state index contributed by atoms with van der Waals surface area (Å²) in [6.45, 7) is 0.477. The van der Waals surface area contributed by atoms with E-state index in [1.807, 2.05) is 6.07 Å². The van der Waals surface area contributed by atoms with Gasteiger partial charge >= 0.3 is 5.97 Å². The van der Waals surface area contributed by atoms with Gasteiger partial charge in [0.05, 0.1) is 17.7 Å². The lowest BCUT2D eigenvalue weighted by molar-refractivity contribution is 0.0601. The van der Waals surface area contributed by atoms with Gasteiger partial charge in [-0.2, -0.15) is 0 Å². The number of benzene rings is 2. The van der Waals surface area contributed by atoms with Crippen molar-refractivity contribution in [2.24, 2.45) is 0 Å². The first-order chi connectivity index (χ1) is 9.60. The van der Waals surface area contributed by atoms with Crippen molar-refractivity contribution in [3.63, 3.8) is 0 Å². The summed E-state index contributed by atoms with van der Waals surface area (Å²) in [5, 5.41) is 3.23. The third-order valence-electron chi connectivity index (χ3n) is 2.76. The van der Waals surface area contributed by atoms with Crippen molar-refractivity contribution in [1.29, 1.82) is 0 Å². The van der Waals surface area contributed by atoms with Gasteiger partial charge in [-0.25, -0.2) is 9.18 Å². The summed E-state index contributed by atoms with van der Waals surface area (Å²) in [7, 11) is 1.34. The topological polar surface area (TPSA) is 38.3 Å². The van der Waals surface area contributed by atoms with Crippen LogP contribution in [0.2, 0.25) is 5.02 Å². The number of methoxy groups -OCH3 is 1. The Balaban J connectivity index is 2.07.